The van der Waals surface area contributed by atoms with Crippen LogP contribution in [0.1, 0.15) is 12.1 Å². The lowest BCUT2D eigenvalue weighted by atomic mass is 10.2. The van der Waals surface area contributed by atoms with Gasteiger partial charge >= 0.3 is 0 Å². The van der Waals surface area contributed by atoms with Crippen molar-refractivity contribution in [1.82, 2.24) is 14.9 Å². The van der Waals surface area contributed by atoms with Gasteiger partial charge < -0.3 is 9.80 Å². The van der Waals surface area contributed by atoms with E-state index in [1.165, 1.54) is 6.42 Å². The first kappa shape index (κ1) is 10.4. The van der Waals surface area contributed by atoms with Crippen molar-refractivity contribution in [2.45, 2.75) is 19.4 Å². The van der Waals surface area contributed by atoms with E-state index in [-0.39, 0.29) is 0 Å². The molecule has 1 aliphatic heterocycles. The zero-order valence-corrected chi connectivity index (χ0v) is 9.64. The lowest BCUT2D eigenvalue weighted by Gasteiger charge is -2.20. The highest BCUT2D eigenvalue weighted by atomic mass is 15.3. The summed E-state index contributed by atoms with van der Waals surface area (Å²) in [5.41, 5.74) is 1.04. The maximum absolute atomic E-state index is 4.45. The third kappa shape index (κ3) is 2.26. The third-order valence-corrected chi connectivity index (χ3v) is 2.96. The second kappa shape index (κ2) is 4.14. The summed E-state index contributed by atoms with van der Waals surface area (Å²) in [6.07, 6.45) is 3.03. The third-order valence-electron chi connectivity index (χ3n) is 2.96. The average Bonchev–Trinajstić information content (AvgIpc) is 2.66. The Kier molecular flexibility index (Phi) is 2.86. The van der Waals surface area contributed by atoms with Crippen molar-refractivity contribution in [1.29, 1.82) is 0 Å². The van der Waals surface area contributed by atoms with Gasteiger partial charge in [-0.15, -0.1) is 0 Å². The summed E-state index contributed by atoms with van der Waals surface area (Å²) in [7, 11) is 4.26. The number of nitrogens with zero attached hydrogens (tertiary/aromatic N) is 4. The molecule has 2 rings (SSSR count). The van der Waals surface area contributed by atoms with E-state index in [4.69, 9.17) is 0 Å². The normalized spacial score (nSPS) is 21.3. The fraction of sp³-hybridized carbons (Fsp3) is 0.636. The van der Waals surface area contributed by atoms with E-state index in [0.717, 1.165) is 24.7 Å². The molecule has 15 heavy (non-hydrogen) atoms. The number of hydrogen-bond acceptors (Lipinski definition) is 4. The molecule has 0 amide bonds. The zero-order valence-electron chi connectivity index (χ0n) is 9.64. The SMILES string of the molecule is Cc1ccnc(N2CC[C@H](N(C)C)C2)n1. The Bertz CT molecular complexity index is 337. The summed E-state index contributed by atoms with van der Waals surface area (Å²) < 4.78 is 0. The molecule has 0 unspecified atom stereocenters. The molecule has 1 aliphatic rings. The maximum atomic E-state index is 4.45. The van der Waals surface area contributed by atoms with Crippen molar-refractivity contribution < 1.29 is 0 Å². The van der Waals surface area contributed by atoms with Crippen molar-refractivity contribution in [2.24, 2.45) is 0 Å². The molecule has 0 spiro atoms. The predicted octanol–water partition coefficient (Wildman–Crippen LogP) is 0.925. The van der Waals surface area contributed by atoms with E-state index in [1.54, 1.807) is 0 Å². The molecule has 0 aromatic carbocycles. The van der Waals surface area contributed by atoms with E-state index >= 15 is 0 Å². The van der Waals surface area contributed by atoms with E-state index in [9.17, 15) is 0 Å². The molecule has 4 nitrogen and oxygen atoms in total. The van der Waals surface area contributed by atoms with Gasteiger partial charge in [-0.2, -0.15) is 0 Å². The van der Waals surface area contributed by atoms with Crippen LogP contribution in [0.2, 0.25) is 0 Å². The summed E-state index contributed by atoms with van der Waals surface area (Å²) in [6, 6.07) is 2.57. The van der Waals surface area contributed by atoms with Gasteiger partial charge in [0.1, 0.15) is 0 Å². The Labute approximate surface area is 90.9 Å². The second-order valence-corrected chi connectivity index (χ2v) is 4.35. The molecular formula is C11H18N4. The second-order valence-electron chi connectivity index (χ2n) is 4.35. The number of rotatable bonds is 2. The molecule has 0 saturated carbocycles. The number of aromatic nitrogens is 2. The smallest absolute Gasteiger partial charge is 0.225 e. The minimum absolute atomic E-state index is 0.633. The van der Waals surface area contributed by atoms with Crippen molar-refractivity contribution >= 4 is 5.95 Å². The van der Waals surface area contributed by atoms with Crippen LogP contribution in [0, 0.1) is 6.92 Å². The van der Waals surface area contributed by atoms with Crippen LogP contribution in [0.5, 0.6) is 0 Å². The monoisotopic (exact) mass is 206 g/mol. The zero-order chi connectivity index (χ0) is 10.8. The number of hydrogen-bond donors (Lipinski definition) is 0. The molecule has 1 aromatic rings. The van der Waals surface area contributed by atoms with E-state index in [0.29, 0.717) is 6.04 Å². The molecule has 0 bridgehead atoms. The van der Waals surface area contributed by atoms with Crippen molar-refractivity contribution in [2.75, 3.05) is 32.1 Å². The van der Waals surface area contributed by atoms with Crippen LogP contribution in [-0.2, 0) is 0 Å². The predicted molar refractivity (Wildman–Crippen MR) is 61.1 cm³/mol. The molecule has 0 aliphatic carbocycles. The topological polar surface area (TPSA) is 32.3 Å². The number of aryl methyl sites for hydroxylation is 1. The highest BCUT2D eigenvalue weighted by Crippen LogP contribution is 2.18. The fourth-order valence-corrected chi connectivity index (χ4v) is 1.93. The molecule has 4 heteroatoms. The Morgan fingerprint density at radius 1 is 1.47 bits per heavy atom. The van der Waals surface area contributed by atoms with E-state index < -0.39 is 0 Å². The van der Waals surface area contributed by atoms with Crippen LogP contribution < -0.4 is 4.90 Å². The Morgan fingerprint density at radius 2 is 2.27 bits per heavy atom. The summed E-state index contributed by atoms with van der Waals surface area (Å²) in [5.74, 6) is 0.874. The van der Waals surface area contributed by atoms with Gasteiger partial charge in [-0.1, -0.05) is 0 Å². The number of anilines is 1. The largest absolute Gasteiger partial charge is 0.339 e. The van der Waals surface area contributed by atoms with Crippen LogP contribution in [0.15, 0.2) is 12.3 Å². The van der Waals surface area contributed by atoms with Crippen LogP contribution >= 0.6 is 0 Å². The minimum Gasteiger partial charge on any atom is -0.339 e. The van der Waals surface area contributed by atoms with Crippen LogP contribution in [0.25, 0.3) is 0 Å². The first-order valence-electron chi connectivity index (χ1n) is 5.38. The van der Waals surface area contributed by atoms with Gasteiger partial charge in [0.05, 0.1) is 0 Å². The molecule has 0 N–H and O–H groups in total. The van der Waals surface area contributed by atoms with Crippen LogP contribution in [0.3, 0.4) is 0 Å². The maximum Gasteiger partial charge on any atom is 0.225 e. The summed E-state index contributed by atoms with van der Waals surface area (Å²) in [6.45, 7) is 4.10. The summed E-state index contributed by atoms with van der Waals surface area (Å²) >= 11 is 0. The first-order chi connectivity index (χ1) is 7.16. The highest BCUT2D eigenvalue weighted by molar-refractivity contribution is 5.32. The van der Waals surface area contributed by atoms with Gasteiger partial charge in [0, 0.05) is 31.0 Å². The Morgan fingerprint density at radius 3 is 2.87 bits per heavy atom. The fourth-order valence-electron chi connectivity index (χ4n) is 1.93. The van der Waals surface area contributed by atoms with Crippen molar-refractivity contribution in [3.05, 3.63) is 18.0 Å². The van der Waals surface area contributed by atoms with Gasteiger partial charge in [0.2, 0.25) is 5.95 Å². The molecule has 0 radical (unpaired) electrons. The molecule has 1 fully saturated rings. The van der Waals surface area contributed by atoms with E-state index in [1.807, 2.05) is 19.2 Å². The Balaban J connectivity index is 2.08. The quantitative estimate of drug-likeness (QED) is 0.720. The lowest BCUT2D eigenvalue weighted by molar-refractivity contribution is 0.315. The molecular weight excluding hydrogens is 188 g/mol. The molecule has 1 atom stereocenters. The Hall–Kier alpha value is -1.16. The van der Waals surface area contributed by atoms with E-state index in [2.05, 4.69) is 33.9 Å². The summed E-state index contributed by atoms with van der Waals surface area (Å²) in [4.78, 5) is 13.3. The molecule has 2 heterocycles. The van der Waals surface area contributed by atoms with Gasteiger partial charge in [-0.3, -0.25) is 0 Å². The minimum atomic E-state index is 0.633. The van der Waals surface area contributed by atoms with Crippen molar-refractivity contribution in [3.8, 4) is 0 Å². The van der Waals surface area contributed by atoms with Gasteiger partial charge in [0.25, 0.3) is 0 Å². The summed E-state index contributed by atoms with van der Waals surface area (Å²) in [5, 5.41) is 0. The van der Waals surface area contributed by atoms with Crippen LogP contribution in [0.4, 0.5) is 5.95 Å². The standard InChI is InChI=1S/C11H18N4/c1-9-4-6-12-11(13-9)15-7-5-10(8-15)14(2)3/h4,6,10H,5,7-8H2,1-3H3/t10-/m0/s1. The average molecular weight is 206 g/mol. The molecule has 1 aromatic heterocycles. The lowest BCUT2D eigenvalue weighted by Crippen LogP contribution is -2.32. The van der Waals surface area contributed by atoms with Crippen molar-refractivity contribution in [3.63, 3.8) is 0 Å². The first-order valence-corrected chi connectivity index (χ1v) is 5.38. The van der Waals surface area contributed by atoms with Crippen LogP contribution in [-0.4, -0.2) is 48.1 Å². The highest BCUT2D eigenvalue weighted by Gasteiger charge is 2.25. The van der Waals surface area contributed by atoms with Gasteiger partial charge in [-0.25, -0.2) is 9.97 Å². The molecule has 1 saturated heterocycles. The van der Waals surface area contributed by atoms with Gasteiger partial charge in [-0.05, 0) is 33.5 Å². The van der Waals surface area contributed by atoms with Gasteiger partial charge in [0.15, 0.2) is 0 Å². The number of likely N-dealkylation sites (N-methyl/N-ethyl adjacent to an activating group) is 1. The molecule has 82 valence electrons.